The third-order valence-electron chi connectivity index (χ3n) is 2.82. The van der Waals surface area contributed by atoms with E-state index in [1.54, 1.807) is 0 Å². The third kappa shape index (κ3) is 2.46. The molecule has 1 heterocycles. The molecule has 2 rings (SSSR count). The van der Waals surface area contributed by atoms with Crippen molar-refractivity contribution in [3.63, 3.8) is 0 Å². The SMILES string of the molecule is Cc1cccc2nc(N[C@@H](C(=O)O)C(C)C)sc12. The standard InChI is InChI=1S/C13H16N2O2S/c1-7(2)10(12(16)17)15-13-14-9-6-4-5-8(3)11(9)18-13/h4-7,10H,1-3H3,(H,14,15)(H,16,17)/t10-/m1/s1. The number of hydrogen-bond donors (Lipinski definition) is 2. The van der Waals surface area contributed by atoms with E-state index in [4.69, 9.17) is 5.11 Å². The van der Waals surface area contributed by atoms with E-state index in [1.165, 1.54) is 11.3 Å². The van der Waals surface area contributed by atoms with Crippen molar-refractivity contribution in [1.82, 2.24) is 4.98 Å². The number of nitrogens with one attached hydrogen (secondary N) is 1. The maximum Gasteiger partial charge on any atom is 0.326 e. The van der Waals surface area contributed by atoms with Crippen molar-refractivity contribution in [3.8, 4) is 0 Å². The summed E-state index contributed by atoms with van der Waals surface area (Å²) in [6.45, 7) is 5.79. The summed E-state index contributed by atoms with van der Waals surface area (Å²) in [5.74, 6) is -0.836. The lowest BCUT2D eigenvalue weighted by Gasteiger charge is -2.16. The van der Waals surface area contributed by atoms with E-state index in [2.05, 4.69) is 10.3 Å². The number of nitrogens with zero attached hydrogens (tertiary/aromatic N) is 1. The molecule has 5 heteroatoms. The van der Waals surface area contributed by atoms with E-state index in [1.807, 2.05) is 39.0 Å². The third-order valence-corrected chi connectivity index (χ3v) is 3.96. The number of anilines is 1. The van der Waals surface area contributed by atoms with Crippen LogP contribution in [0.3, 0.4) is 0 Å². The van der Waals surface area contributed by atoms with Crippen molar-refractivity contribution in [1.29, 1.82) is 0 Å². The Bertz CT molecular complexity index is 577. The predicted octanol–water partition coefficient (Wildman–Crippen LogP) is 3.13. The average Bonchev–Trinajstić information content (AvgIpc) is 2.69. The predicted molar refractivity (Wildman–Crippen MR) is 74.2 cm³/mol. The van der Waals surface area contributed by atoms with Gasteiger partial charge in [0, 0.05) is 0 Å². The van der Waals surface area contributed by atoms with Crippen LogP contribution in [0.5, 0.6) is 0 Å². The van der Waals surface area contributed by atoms with Gasteiger partial charge < -0.3 is 10.4 Å². The van der Waals surface area contributed by atoms with Gasteiger partial charge in [-0.15, -0.1) is 0 Å². The zero-order valence-electron chi connectivity index (χ0n) is 10.6. The van der Waals surface area contributed by atoms with Crippen molar-refractivity contribution >= 4 is 32.7 Å². The number of aliphatic carboxylic acids is 1. The summed E-state index contributed by atoms with van der Waals surface area (Å²) in [4.78, 5) is 15.6. The van der Waals surface area contributed by atoms with Crippen molar-refractivity contribution in [3.05, 3.63) is 23.8 Å². The van der Waals surface area contributed by atoms with Gasteiger partial charge in [-0.2, -0.15) is 0 Å². The van der Waals surface area contributed by atoms with Crippen LogP contribution in [0.2, 0.25) is 0 Å². The molecule has 0 aliphatic heterocycles. The first kappa shape index (κ1) is 12.8. The Morgan fingerprint density at radius 1 is 1.44 bits per heavy atom. The van der Waals surface area contributed by atoms with E-state index < -0.39 is 12.0 Å². The molecule has 0 amide bonds. The highest BCUT2D eigenvalue weighted by Crippen LogP contribution is 2.29. The number of rotatable bonds is 4. The highest BCUT2D eigenvalue weighted by Gasteiger charge is 2.22. The van der Waals surface area contributed by atoms with Crippen molar-refractivity contribution < 1.29 is 9.90 Å². The minimum atomic E-state index is -0.846. The largest absolute Gasteiger partial charge is 0.480 e. The van der Waals surface area contributed by atoms with Crippen LogP contribution < -0.4 is 5.32 Å². The molecule has 2 aromatic rings. The fourth-order valence-electron chi connectivity index (χ4n) is 1.80. The fourth-order valence-corrected chi connectivity index (χ4v) is 2.77. The Morgan fingerprint density at radius 2 is 2.17 bits per heavy atom. The molecule has 0 aliphatic rings. The molecule has 4 nitrogen and oxygen atoms in total. The lowest BCUT2D eigenvalue weighted by Crippen LogP contribution is -2.34. The van der Waals surface area contributed by atoms with Crippen molar-refractivity contribution in [2.24, 2.45) is 5.92 Å². The van der Waals surface area contributed by atoms with Crippen LogP contribution in [0.4, 0.5) is 5.13 Å². The van der Waals surface area contributed by atoms with E-state index in [0.717, 1.165) is 15.8 Å². The van der Waals surface area contributed by atoms with Gasteiger partial charge >= 0.3 is 5.97 Å². The van der Waals surface area contributed by atoms with Gasteiger partial charge in [-0.25, -0.2) is 9.78 Å². The second kappa shape index (κ2) is 4.94. The summed E-state index contributed by atoms with van der Waals surface area (Å²) in [7, 11) is 0. The number of aromatic nitrogens is 1. The second-order valence-electron chi connectivity index (χ2n) is 4.65. The van der Waals surface area contributed by atoms with Crippen LogP contribution in [-0.2, 0) is 4.79 Å². The topological polar surface area (TPSA) is 62.2 Å². The van der Waals surface area contributed by atoms with Crippen LogP contribution in [0.15, 0.2) is 18.2 Å². The van der Waals surface area contributed by atoms with Gasteiger partial charge in [-0.3, -0.25) is 0 Å². The molecule has 0 unspecified atom stereocenters. The molecule has 1 aromatic carbocycles. The minimum absolute atomic E-state index is 0.00982. The quantitative estimate of drug-likeness (QED) is 0.890. The van der Waals surface area contributed by atoms with E-state index in [9.17, 15) is 4.79 Å². The van der Waals surface area contributed by atoms with Crippen molar-refractivity contribution in [2.45, 2.75) is 26.8 Å². The Labute approximate surface area is 110 Å². The van der Waals surface area contributed by atoms with Crippen molar-refractivity contribution in [2.75, 3.05) is 5.32 Å². The Morgan fingerprint density at radius 3 is 2.72 bits per heavy atom. The van der Waals surface area contributed by atoms with Gasteiger partial charge in [-0.1, -0.05) is 37.3 Å². The molecule has 2 N–H and O–H groups in total. The molecular weight excluding hydrogens is 248 g/mol. The van der Waals surface area contributed by atoms with Gasteiger partial charge in [0.2, 0.25) is 0 Å². The number of thiazole rings is 1. The monoisotopic (exact) mass is 264 g/mol. The Hall–Kier alpha value is -1.62. The molecule has 0 saturated heterocycles. The number of aryl methyl sites for hydroxylation is 1. The summed E-state index contributed by atoms with van der Waals surface area (Å²) in [5, 5.41) is 12.8. The molecule has 0 spiro atoms. The van der Waals surface area contributed by atoms with Gasteiger partial charge in [-0.05, 0) is 24.5 Å². The molecule has 0 saturated carbocycles. The van der Waals surface area contributed by atoms with Gasteiger partial charge in [0.1, 0.15) is 6.04 Å². The number of carboxylic acid groups (broad SMARTS) is 1. The fraction of sp³-hybridized carbons (Fsp3) is 0.385. The van der Waals surface area contributed by atoms with E-state index >= 15 is 0 Å². The summed E-state index contributed by atoms with van der Waals surface area (Å²) in [6.07, 6.45) is 0. The number of hydrogen-bond acceptors (Lipinski definition) is 4. The summed E-state index contributed by atoms with van der Waals surface area (Å²) in [6, 6.07) is 5.32. The van der Waals surface area contributed by atoms with Gasteiger partial charge in [0.15, 0.2) is 5.13 Å². The molecule has 0 radical (unpaired) electrons. The first-order valence-corrected chi connectivity index (χ1v) is 6.66. The summed E-state index contributed by atoms with van der Waals surface area (Å²) < 4.78 is 1.10. The number of carbonyl (C=O) groups is 1. The number of carboxylic acids is 1. The maximum absolute atomic E-state index is 11.1. The van der Waals surface area contributed by atoms with Crippen LogP contribution >= 0.6 is 11.3 Å². The highest BCUT2D eigenvalue weighted by molar-refractivity contribution is 7.22. The lowest BCUT2D eigenvalue weighted by molar-refractivity contribution is -0.138. The smallest absolute Gasteiger partial charge is 0.326 e. The van der Waals surface area contributed by atoms with E-state index in [0.29, 0.717) is 5.13 Å². The number of fused-ring (bicyclic) bond motifs is 1. The molecule has 1 atom stereocenters. The zero-order valence-corrected chi connectivity index (χ0v) is 11.4. The average molecular weight is 264 g/mol. The molecule has 1 aromatic heterocycles. The molecule has 18 heavy (non-hydrogen) atoms. The Kier molecular flexibility index (Phi) is 3.52. The molecular formula is C13H16N2O2S. The van der Waals surface area contributed by atoms with Gasteiger partial charge in [0.25, 0.3) is 0 Å². The zero-order chi connectivity index (χ0) is 13.3. The normalized spacial score (nSPS) is 12.9. The highest BCUT2D eigenvalue weighted by atomic mass is 32.1. The lowest BCUT2D eigenvalue weighted by atomic mass is 10.1. The first-order chi connectivity index (χ1) is 8.49. The Balaban J connectivity index is 2.32. The van der Waals surface area contributed by atoms with Crippen LogP contribution in [0.25, 0.3) is 10.2 Å². The van der Waals surface area contributed by atoms with Crippen LogP contribution in [-0.4, -0.2) is 22.1 Å². The van der Waals surface area contributed by atoms with E-state index in [-0.39, 0.29) is 5.92 Å². The second-order valence-corrected chi connectivity index (χ2v) is 5.65. The van der Waals surface area contributed by atoms with Gasteiger partial charge in [0.05, 0.1) is 10.2 Å². The number of benzene rings is 1. The van der Waals surface area contributed by atoms with Crippen LogP contribution in [0.1, 0.15) is 19.4 Å². The summed E-state index contributed by atoms with van der Waals surface area (Å²) in [5.41, 5.74) is 2.07. The van der Waals surface area contributed by atoms with Crippen LogP contribution in [0, 0.1) is 12.8 Å². The maximum atomic E-state index is 11.1. The minimum Gasteiger partial charge on any atom is -0.480 e. The molecule has 0 bridgehead atoms. The molecule has 96 valence electrons. The summed E-state index contributed by atoms with van der Waals surface area (Å²) >= 11 is 1.50. The molecule has 0 aliphatic carbocycles. The first-order valence-electron chi connectivity index (χ1n) is 5.84. The molecule has 0 fully saturated rings.